The Labute approximate surface area is 190 Å². The van der Waals surface area contributed by atoms with Gasteiger partial charge in [-0.15, -0.1) is 10.2 Å². The molecule has 5 nitrogen and oxygen atoms in total. The van der Waals surface area contributed by atoms with Gasteiger partial charge < -0.3 is 9.88 Å². The molecule has 0 fully saturated rings. The lowest BCUT2D eigenvalue weighted by molar-refractivity contribution is -0.121. The fraction of sp³-hybridized carbons (Fsp3) is 0.348. The molecule has 1 heterocycles. The predicted octanol–water partition coefficient (Wildman–Crippen LogP) is 5.35. The van der Waals surface area contributed by atoms with Crippen LogP contribution in [0, 0.1) is 0 Å². The van der Waals surface area contributed by atoms with Crippen LogP contribution in [0.15, 0.2) is 64.2 Å². The second-order valence-corrected chi connectivity index (χ2v) is 10.4. The smallest absolute Gasteiger partial charge is 0.233 e. The summed E-state index contributed by atoms with van der Waals surface area (Å²) < 4.78 is 3.13. The number of hydrogen-bond donors (Lipinski definition) is 1. The number of thioether (sulfide) groups is 1. The summed E-state index contributed by atoms with van der Waals surface area (Å²) in [4.78, 5) is 12.6. The first-order valence-corrected chi connectivity index (χ1v) is 11.6. The molecule has 0 aliphatic heterocycles. The highest BCUT2D eigenvalue weighted by molar-refractivity contribution is 9.10. The van der Waals surface area contributed by atoms with E-state index in [1.807, 2.05) is 70.2 Å². The zero-order chi connectivity index (χ0) is 21.7. The van der Waals surface area contributed by atoms with Crippen molar-refractivity contribution in [3.63, 3.8) is 0 Å². The maximum absolute atomic E-state index is 12.6. The molecule has 0 aliphatic carbocycles. The van der Waals surface area contributed by atoms with Gasteiger partial charge in [-0.2, -0.15) is 0 Å². The lowest BCUT2D eigenvalue weighted by Gasteiger charge is -2.23. The van der Waals surface area contributed by atoms with E-state index < -0.39 is 0 Å². The van der Waals surface area contributed by atoms with Crippen molar-refractivity contribution in [2.45, 2.75) is 56.6 Å². The van der Waals surface area contributed by atoms with Gasteiger partial charge in [0.15, 0.2) is 11.0 Å². The lowest BCUT2D eigenvalue weighted by atomic mass is 10.1. The van der Waals surface area contributed by atoms with Gasteiger partial charge >= 0.3 is 0 Å². The lowest BCUT2D eigenvalue weighted by Crippen LogP contribution is -2.44. The van der Waals surface area contributed by atoms with Crippen molar-refractivity contribution < 1.29 is 4.79 Å². The highest BCUT2D eigenvalue weighted by Gasteiger charge is 2.23. The number of nitrogens with zero attached hydrogens (tertiary/aromatic N) is 3. The first-order chi connectivity index (χ1) is 14.2. The van der Waals surface area contributed by atoms with Gasteiger partial charge in [0, 0.05) is 22.1 Å². The molecule has 0 aliphatic rings. The number of carbonyl (C=O) groups is 1. The van der Waals surface area contributed by atoms with Crippen molar-refractivity contribution in [1.82, 2.24) is 20.1 Å². The van der Waals surface area contributed by atoms with Crippen LogP contribution in [0.5, 0.6) is 0 Å². The molecule has 1 aromatic heterocycles. The topological polar surface area (TPSA) is 59.8 Å². The fourth-order valence-electron chi connectivity index (χ4n) is 2.96. The van der Waals surface area contributed by atoms with Crippen LogP contribution >= 0.6 is 27.7 Å². The van der Waals surface area contributed by atoms with Crippen LogP contribution in [0.3, 0.4) is 0 Å². The number of hydrogen-bond acceptors (Lipinski definition) is 4. The van der Waals surface area contributed by atoms with Crippen molar-refractivity contribution in [3.8, 4) is 11.4 Å². The number of rotatable bonds is 7. The van der Waals surface area contributed by atoms with Gasteiger partial charge in [-0.25, -0.2) is 0 Å². The van der Waals surface area contributed by atoms with Crippen molar-refractivity contribution in [2.24, 2.45) is 0 Å². The largest absolute Gasteiger partial charge is 0.351 e. The molecule has 1 unspecified atom stereocenters. The summed E-state index contributed by atoms with van der Waals surface area (Å²) in [7, 11) is 0. The Morgan fingerprint density at radius 1 is 1.10 bits per heavy atom. The maximum atomic E-state index is 12.6. The monoisotopic (exact) mass is 486 g/mol. The summed E-state index contributed by atoms with van der Waals surface area (Å²) in [5.41, 5.74) is 1.98. The van der Waals surface area contributed by atoms with Crippen LogP contribution in [-0.4, -0.2) is 31.5 Å². The number of carbonyl (C=O) groups excluding carboxylic acids is 1. The van der Waals surface area contributed by atoms with Crippen molar-refractivity contribution in [2.75, 3.05) is 0 Å². The number of aromatic nitrogens is 3. The van der Waals surface area contributed by atoms with Gasteiger partial charge in [0.1, 0.15) is 0 Å². The first kappa shape index (κ1) is 22.6. The summed E-state index contributed by atoms with van der Waals surface area (Å²) in [6.07, 6.45) is 0.860. The molecule has 1 amide bonds. The Morgan fingerprint density at radius 3 is 2.40 bits per heavy atom. The van der Waals surface area contributed by atoms with Gasteiger partial charge in [-0.3, -0.25) is 4.79 Å². The molecule has 158 valence electrons. The summed E-state index contributed by atoms with van der Waals surface area (Å²) in [6, 6.07) is 18.4. The molecule has 0 spiro atoms. The predicted molar refractivity (Wildman–Crippen MR) is 127 cm³/mol. The second kappa shape index (κ2) is 9.79. The van der Waals surface area contributed by atoms with E-state index in [4.69, 9.17) is 0 Å². The average molecular weight is 487 g/mol. The first-order valence-electron chi connectivity index (χ1n) is 9.95. The Kier molecular flexibility index (Phi) is 7.36. The van der Waals surface area contributed by atoms with Crippen LogP contribution in [-0.2, 0) is 17.8 Å². The summed E-state index contributed by atoms with van der Waals surface area (Å²) in [5, 5.41) is 12.4. The van der Waals surface area contributed by atoms with Gasteiger partial charge in [0.05, 0.1) is 5.25 Å². The SMILES string of the molecule is CC(Sc1nnc(-c2ccc(Br)cc2)n1CCc1ccccc1)C(=O)NC(C)(C)C. The minimum Gasteiger partial charge on any atom is -0.351 e. The Morgan fingerprint density at radius 2 is 1.77 bits per heavy atom. The zero-order valence-corrected chi connectivity index (χ0v) is 20.1. The minimum absolute atomic E-state index is 0.00435. The summed E-state index contributed by atoms with van der Waals surface area (Å²) in [5.74, 6) is 0.805. The highest BCUT2D eigenvalue weighted by atomic mass is 79.9. The standard InChI is InChI=1S/C23H27BrN4OS/c1-16(21(29)25-23(2,3)4)30-22-27-26-20(18-10-12-19(24)13-11-18)28(22)15-14-17-8-6-5-7-9-17/h5-13,16H,14-15H2,1-4H3,(H,25,29). The van der Waals surface area contributed by atoms with E-state index in [2.05, 4.69) is 48.1 Å². The third-order valence-corrected chi connectivity index (χ3v) is 6.04. The van der Waals surface area contributed by atoms with Crippen molar-refractivity contribution >= 4 is 33.6 Å². The van der Waals surface area contributed by atoms with E-state index in [9.17, 15) is 4.79 Å². The van der Waals surface area contributed by atoms with E-state index >= 15 is 0 Å². The van der Waals surface area contributed by atoms with E-state index in [-0.39, 0.29) is 16.7 Å². The average Bonchev–Trinajstić information content (AvgIpc) is 3.09. The molecular weight excluding hydrogens is 460 g/mol. The van der Waals surface area contributed by atoms with Gasteiger partial charge in [0.25, 0.3) is 0 Å². The molecule has 1 atom stereocenters. The second-order valence-electron chi connectivity index (χ2n) is 8.20. The highest BCUT2D eigenvalue weighted by Crippen LogP contribution is 2.28. The zero-order valence-electron chi connectivity index (χ0n) is 17.7. The Hall–Kier alpha value is -2.12. The van der Waals surface area contributed by atoms with E-state index in [0.29, 0.717) is 0 Å². The number of nitrogens with one attached hydrogen (secondary N) is 1. The van der Waals surface area contributed by atoms with Crippen molar-refractivity contribution in [3.05, 3.63) is 64.6 Å². The molecule has 3 rings (SSSR count). The molecule has 1 N–H and O–H groups in total. The van der Waals surface area contributed by atoms with Crippen LogP contribution in [0.25, 0.3) is 11.4 Å². The number of halogens is 1. The maximum Gasteiger partial charge on any atom is 0.233 e. The van der Waals surface area contributed by atoms with Gasteiger partial charge in [0.2, 0.25) is 5.91 Å². The summed E-state index contributed by atoms with van der Waals surface area (Å²) in [6.45, 7) is 8.59. The van der Waals surface area contributed by atoms with E-state index in [1.54, 1.807) is 0 Å². The normalized spacial score (nSPS) is 12.6. The number of benzene rings is 2. The molecule has 2 aromatic carbocycles. The van der Waals surface area contributed by atoms with E-state index in [1.165, 1.54) is 17.3 Å². The van der Waals surface area contributed by atoms with Gasteiger partial charge in [-0.05, 0) is 51.8 Å². The van der Waals surface area contributed by atoms with Crippen LogP contribution in [0.1, 0.15) is 33.3 Å². The van der Waals surface area contributed by atoms with Crippen LogP contribution < -0.4 is 5.32 Å². The number of aryl methyl sites for hydroxylation is 1. The van der Waals surface area contributed by atoms with Crippen LogP contribution in [0.4, 0.5) is 0 Å². The summed E-state index contributed by atoms with van der Waals surface area (Å²) >= 11 is 4.92. The van der Waals surface area contributed by atoms with E-state index in [0.717, 1.165) is 34.0 Å². The Balaban J connectivity index is 1.86. The number of amides is 1. The minimum atomic E-state index is -0.276. The fourth-order valence-corrected chi connectivity index (χ4v) is 4.10. The third kappa shape index (κ3) is 6.19. The molecule has 0 saturated heterocycles. The molecule has 0 saturated carbocycles. The molecule has 3 aromatic rings. The van der Waals surface area contributed by atoms with Gasteiger partial charge in [-0.1, -0.05) is 70.2 Å². The van der Waals surface area contributed by atoms with Crippen molar-refractivity contribution in [1.29, 1.82) is 0 Å². The van der Waals surface area contributed by atoms with Crippen LogP contribution in [0.2, 0.25) is 0 Å². The quantitative estimate of drug-likeness (QED) is 0.457. The molecular formula is C23H27BrN4OS. The third-order valence-electron chi connectivity index (χ3n) is 4.44. The molecule has 0 bridgehead atoms. The molecule has 0 radical (unpaired) electrons. The molecule has 7 heteroatoms. The molecule has 30 heavy (non-hydrogen) atoms. The Bertz CT molecular complexity index is 981.